The van der Waals surface area contributed by atoms with Gasteiger partial charge in [0.05, 0.1) is 25.4 Å². The van der Waals surface area contributed by atoms with Gasteiger partial charge in [0, 0.05) is 29.2 Å². The molecular weight excluding hydrogens is 323 g/mol. The normalized spacial score (nSPS) is 12.6. The Balaban J connectivity index is 1.80. The fourth-order valence-corrected chi connectivity index (χ4v) is 3.06. The van der Waals surface area contributed by atoms with Crippen LogP contribution in [0.2, 0.25) is 0 Å². The minimum atomic E-state index is -0.255. The molecule has 4 rings (SSSR count). The molecule has 0 aliphatic carbocycles. The molecule has 2 N–H and O–H groups in total. The van der Waals surface area contributed by atoms with Crippen LogP contribution in [0.15, 0.2) is 30.6 Å². The molecule has 3 aromatic rings. The van der Waals surface area contributed by atoms with Crippen molar-refractivity contribution in [3.63, 3.8) is 0 Å². The summed E-state index contributed by atoms with van der Waals surface area (Å²) in [6.45, 7) is 0.753. The minimum Gasteiger partial charge on any atom is -0.493 e. The summed E-state index contributed by atoms with van der Waals surface area (Å²) < 4.78 is 25.4. The number of hydrogen-bond donors (Lipinski definition) is 2. The van der Waals surface area contributed by atoms with Gasteiger partial charge < -0.3 is 20.1 Å². The van der Waals surface area contributed by atoms with E-state index in [0.29, 0.717) is 40.5 Å². The number of nitrogens with zero attached hydrogens (tertiary/aromatic N) is 2. The largest absolute Gasteiger partial charge is 0.493 e. The molecule has 1 aliphatic heterocycles. The van der Waals surface area contributed by atoms with Crippen LogP contribution < -0.4 is 20.1 Å². The van der Waals surface area contributed by atoms with Crippen LogP contribution in [-0.2, 0) is 6.42 Å². The summed E-state index contributed by atoms with van der Waals surface area (Å²) in [5.74, 6) is 1.39. The summed E-state index contributed by atoms with van der Waals surface area (Å²) in [5, 5.41) is 6.97. The van der Waals surface area contributed by atoms with Crippen molar-refractivity contribution in [1.29, 1.82) is 0 Å². The Morgan fingerprint density at radius 3 is 2.72 bits per heavy atom. The molecule has 0 bridgehead atoms. The number of rotatable bonds is 4. The Hall–Kier alpha value is -3.09. The Morgan fingerprint density at radius 2 is 1.92 bits per heavy atom. The van der Waals surface area contributed by atoms with Gasteiger partial charge in [-0.25, -0.2) is 14.4 Å². The molecule has 0 unspecified atom stereocenters. The van der Waals surface area contributed by atoms with E-state index in [9.17, 15) is 4.39 Å². The molecule has 0 saturated heterocycles. The summed E-state index contributed by atoms with van der Waals surface area (Å²) >= 11 is 0. The Labute approximate surface area is 144 Å². The van der Waals surface area contributed by atoms with Crippen LogP contribution in [0.3, 0.4) is 0 Å². The fraction of sp³-hybridized carbons (Fsp3) is 0.222. The number of hydrogen-bond acceptors (Lipinski definition) is 6. The van der Waals surface area contributed by atoms with Gasteiger partial charge in [0.2, 0.25) is 0 Å². The number of benzene rings is 2. The van der Waals surface area contributed by atoms with Gasteiger partial charge in [-0.05, 0) is 24.6 Å². The molecule has 0 fully saturated rings. The molecule has 1 aromatic heterocycles. The fourth-order valence-electron chi connectivity index (χ4n) is 3.06. The maximum atomic E-state index is 14.7. The molecule has 2 aromatic carbocycles. The van der Waals surface area contributed by atoms with E-state index in [1.807, 2.05) is 6.07 Å². The molecule has 25 heavy (non-hydrogen) atoms. The van der Waals surface area contributed by atoms with Crippen molar-refractivity contribution in [3.8, 4) is 11.5 Å². The van der Waals surface area contributed by atoms with E-state index in [-0.39, 0.29) is 5.82 Å². The number of nitrogens with one attached hydrogen (secondary N) is 2. The molecule has 0 radical (unpaired) electrons. The highest BCUT2D eigenvalue weighted by atomic mass is 19.1. The number of halogens is 1. The minimum absolute atomic E-state index is 0.255. The monoisotopic (exact) mass is 340 g/mol. The highest BCUT2D eigenvalue weighted by Gasteiger charge is 2.19. The summed E-state index contributed by atoms with van der Waals surface area (Å²) in [7, 11) is 3.13. The van der Waals surface area contributed by atoms with Crippen LogP contribution in [0.1, 0.15) is 5.56 Å². The number of aromatic nitrogens is 2. The zero-order chi connectivity index (χ0) is 17.4. The SMILES string of the molecule is COc1cc2ncnc(Nc3ccc4c(c3F)CCN4)c2cc1OC. The first-order valence-electron chi connectivity index (χ1n) is 7.90. The predicted molar refractivity (Wildman–Crippen MR) is 94.5 cm³/mol. The topological polar surface area (TPSA) is 68.3 Å². The summed E-state index contributed by atoms with van der Waals surface area (Å²) in [6, 6.07) is 7.13. The Kier molecular flexibility index (Phi) is 3.76. The lowest BCUT2D eigenvalue weighted by Gasteiger charge is -2.13. The average Bonchev–Trinajstić information content (AvgIpc) is 3.12. The number of ether oxygens (including phenoxy) is 2. The standard InChI is InChI=1S/C18H17FN4O2/c1-24-15-7-11-14(8-16(15)25-2)21-9-22-18(11)23-13-4-3-12-10(17(13)19)5-6-20-12/h3-4,7-9,20H,5-6H2,1-2H3,(H,21,22,23). The van der Waals surface area contributed by atoms with Gasteiger partial charge in [0.1, 0.15) is 12.1 Å². The second-order valence-electron chi connectivity index (χ2n) is 5.70. The lowest BCUT2D eigenvalue weighted by molar-refractivity contribution is 0.356. The molecule has 6 nitrogen and oxygen atoms in total. The maximum Gasteiger partial charge on any atom is 0.162 e. The van der Waals surface area contributed by atoms with Crippen LogP contribution in [-0.4, -0.2) is 30.7 Å². The van der Waals surface area contributed by atoms with Gasteiger partial charge in [-0.2, -0.15) is 0 Å². The summed E-state index contributed by atoms with van der Waals surface area (Å²) in [6.07, 6.45) is 2.11. The molecule has 0 saturated carbocycles. The first kappa shape index (κ1) is 15.4. The Morgan fingerprint density at radius 1 is 1.12 bits per heavy atom. The summed E-state index contributed by atoms with van der Waals surface area (Å²) in [4.78, 5) is 8.52. The van der Waals surface area contributed by atoms with Gasteiger partial charge in [-0.15, -0.1) is 0 Å². The molecule has 0 amide bonds. The van der Waals surface area contributed by atoms with E-state index in [1.165, 1.54) is 6.33 Å². The van der Waals surface area contributed by atoms with Crippen LogP contribution in [0.25, 0.3) is 10.9 Å². The first-order chi connectivity index (χ1) is 12.2. The van der Waals surface area contributed by atoms with E-state index in [4.69, 9.17) is 9.47 Å². The molecule has 128 valence electrons. The van der Waals surface area contributed by atoms with Crippen LogP contribution in [0, 0.1) is 5.82 Å². The maximum absolute atomic E-state index is 14.7. The lowest BCUT2D eigenvalue weighted by atomic mass is 10.1. The molecule has 1 aliphatic rings. The third-order valence-electron chi connectivity index (χ3n) is 4.33. The lowest BCUT2D eigenvalue weighted by Crippen LogP contribution is -2.01. The van der Waals surface area contributed by atoms with Gasteiger partial charge in [-0.1, -0.05) is 0 Å². The van der Waals surface area contributed by atoms with Crippen molar-refractivity contribution in [2.24, 2.45) is 0 Å². The molecule has 0 spiro atoms. The van der Waals surface area contributed by atoms with Gasteiger partial charge in [0.15, 0.2) is 17.3 Å². The van der Waals surface area contributed by atoms with Crippen molar-refractivity contribution in [2.75, 3.05) is 31.4 Å². The number of fused-ring (bicyclic) bond motifs is 2. The highest BCUT2D eigenvalue weighted by molar-refractivity contribution is 5.93. The quantitative estimate of drug-likeness (QED) is 0.758. The smallest absolute Gasteiger partial charge is 0.162 e. The molecular formula is C18H17FN4O2. The van der Waals surface area contributed by atoms with Crippen LogP contribution in [0.4, 0.5) is 21.6 Å². The van der Waals surface area contributed by atoms with E-state index in [2.05, 4.69) is 20.6 Å². The molecule has 0 atom stereocenters. The Bertz CT molecular complexity index is 961. The zero-order valence-electron chi connectivity index (χ0n) is 13.9. The van der Waals surface area contributed by atoms with Crippen molar-refractivity contribution in [1.82, 2.24) is 9.97 Å². The highest BCUT2D eigenvalue weighted by Crippen LogP contribution is 2.36. The van der Waals surface area contributed by atoms with Crippen LogP contribution in [0.5, 0.6) is 11.5 Å². The number of anilines is 3. The van der Waals surface area contributed by atoms with Crippen molar-refractivity contribution < 1.29 is 13.9 Å². The van der Waals surface area contributed by atoms with E-state index >= 15 is 0 Å². The van der Waals surface area contributed by atoms with E-state index < -0.39 is 0 Å². The third kappa shape index (κ3) is 2.57. The van der Waals surface area contributed by atoms with Crippen molar-refractivity contribution >= 4 is 28.1 Å². The van der Waals surface area contributed by atoms with Crippen molar-refractivity contribution in [2.45, 2.75) is 6.42 Å². The first-order valence-corrected chi connectivity index (χ1v) is 7.90. The second kappa shape index (κ2) is 6.08. The van der Waals surface area contributed by atoms with Crippen LogP contribution >= 0.6 is 0 Å². The predicted octanol–water partition coefficient (Wildman–Crippen LogP) is 3.50. The average molecular weight is 340 g/mol. The third-order valence-corrected chi connectivity index (χ3v) is 4.33. The molecule has 7 heteroatoms. The van der Waals surface area contributed by atoms with Gasteiger partial charge in [-0.3, -0.25) is 0 Å². The summed E-state index contributed by atoms with van der Waals surface area (Å²) in [5.41, 5.74) is 2.61. The van der Waals surface area contributed by atoms with E-state index in [1.54, 1.807) is 32.4 Å². The molecule has 2 heterocycles. The van der Waals surface area contributed by atoms with Crippen molar-refractivity contribution in [3.05, 3.63) is 42.0 Å². The van der Waals surface area contributed by atoms with Gasteiger partial charge >= 0.3 is 0 Å². The second-order valence-corrected chi connectivity index (χ2v) is 5.70. The number of methoxy groups -OCH3 is 2. The zero-order valence-corrected chi connectivity index (χ0v) is 13.9. The van der Waals surface area contributed by atoms with Gasteiger partial charge in [0.25, 0.3) is 0 Å². The van der Waals surface area contributed by atoms with E-state index in [0.717, 1.165) is 17.6 Å².